The molecule has 0 radical (unpaired) electrons. The Morgan fingerprint density at radius 2 is 1.30 bits per heavy atom. The Labute approximate surface area is 179 Å². The molecule has 0 bridgehead atoms. The number of hydrogen-bond acceptors (Lipinski definition) is 3. The van der Waals surface area contributed by atoms with Crippen LogP contribution in [-0.2, 0) is 14.2 Å². The van der Waals surface area contributed by atoms with Crippen LogP contribution >= 0.6 is 0 Å². The third kappa shape index (κ3) is 4.94. The predicted molar refractivity (Wildman–Crippen MR) is 120 cm³/mol. The molecule has 0 fully saturated rings. The summed E-state index contributed by atoms with van der Waals surface area (Å²) in [4.78, 5) is 0. The van der Waals surface area contributed by atoms with E-state index < -0.39 is 0 Å². The zero-order valence-corrected chi connectivity index (χ0v) is 17.9. The van der Waals surface area contributed by atoms with E-state index in [1.807, 2.05) is 6.08 Å². The molecular weight excluding hydrogens is 372 g/mol. The van der Waals surface area contributed by atoms with Crippen LogP contribution in [-0.4, -0.2) is 41.2 Å². The van der Waals surface area contributed by atoms with Gasteiger partial charge in [0, 0.05) is 73.2 Å². The lowest BCUT2D eigenvalue weighted by Crippen LogP contribution is -1.98. The minimum atomic E-state index is 0.478. The van der Waals surface area contributed by atoms with Crippen LogP contribution in [0.3, 0.4) is 0 Å². The highest BCUT2D eigenvalue weighted by Gasteiger charge is 2.17. The van der Waals surface area contributed by atoms with Crippen molar-refractivity contribution >= 4 is 0 Å². The monoisotopic (exact) mass is 398 g/mol. The van der Waals surface area contributed by atoms with E-state index in [4.69, 9.17) is 20.6 Å². The van der Waals surface area contributed by atoms with Crippen molar-refractivity contribution in [3.05, 3.63) is 68.9 Å². The Morgan fingerprint density at radius 1 is 0.733 bits per heavy atom. The van der Waals surface area contributed by atoms with E-state index in [1.54, 1.807) is 21.3 Å². The second-order valence-electron chi connectivity index (χ2n) is 7.11. The molecule has 0 aromatic rings. The van der Waals surface area contributed by atoms with Crippen molar-refractivity contribution in [2.24, 2.45) is 0 Å². The van der Waals surface area contributed by atoms with Crippen molar-refractivity contribution in [3.8, 4) is 36.0 Å². The van der Waals surface area contributed by atoms with Gasteiger partial charge in [-0.3, -0.25) is 0 Å². The summed E-state index contributed by atoms with van der Waals surface area (Å²) < 4.78 is 16.0. The average Bonchev–Trinajstić information content (AvgIpc) is 3.45. The van der Waals surface area contributed by atoms with Crippen LogP contribution in [0, 0.1) is 36.0 Å². The van der Waals surface area contributed by atoms with Crippen LogP contribution in [0.4, 0.5) is 0 Å². The quantitative estimate of drug-likeness (QED) is 0.631. The SMILES string of the molecule is C#CC1=CCC(C#CC2=C(COC)C(C#CC3=C(COC)C=CC3)=CC2)=C1COC. The number of allylic oxidation sites excluding steroid dienone is 6. The minimum Gasteiger partial charge on any atom is -0.380 e. The highest BCUT2D eigenvalue weighted by Crippen LogP contribution is 2.29. The van der Waals surface area contributed by atoms with Crippen molar-refractivity contribution in [2.75, 3.05) is 41.2 Å². The van der Waals surface area contributed by atoms with Crippen molar-refractivity contribution in [2.45, 2.75) is 19.3 Å². The summed E-state index contributed by atoms with van der Waals surface area (Å²) in [5.74, 6) is 16.1. The van der Waals surface area contributed by atoms with Gasteiger partial charge >= 0.3 is 0 Å². The van der Waals surface area contributed by atoms with Gasteiger partial charge in [0.05, 0.1) is 19.8 Å². The first-order valence-corrected chi connectivity index (χ1v) is 9.92. The van der Waals surface area contributed by atoms with E-state index in [0.717, 1.165) is 63.8 Å². The predicted octanol–water partition coefficient (Wildman–Crippen LogP) is 4.08. The first kappa shape index (κ1) is 21.7. The first-order valence-electron chi connectivity index (χ1n) is 9.92. The standard InChI is InChI=1S/C27H26O3/c1-5-20-9-11-22(26(20)18-29-3)13-14-24-16-15-23(27(24)19-30-4)12-10-21-7-6-8-25(21)17-28-2/h1,6,8-9,15H,7,11,16-19H2,2-4H3. The Kier molecular flexibility index (Phi) is 7.73. The zero-order chi connectivity index (χ0) is 21.3. The molecule has 30 heavy (non-hydrogen) atoms. The maximum absolute atomic E-state index is 5.61. The van der Waals surface area contributed by atoms with Gasteiger partial charge in [0.2, 0.25) is 0 Å². The van der Waals surface area contributed by atoms with E-state index in [2.05, 4.69) is 47.8 Å². The van der Waals surface area contributed by atoms with Gasteiger partial charge in [-0.05, 0) is 12.0 Å². The fourth-order valence-electron chi connectivity index (χ4n) is 3.64. The summed E-state index contributed by atoms with van der Waals surface area (Å²) in [6.07, 6.45) is 16.4. The zero-order valence-electron chi connectivity index (χ0n) is 17.9. The van der Waals surface area contributed by atoms with E-state index in [-0.39, 0.29) is 0 Å². The first-order chi connectivity index (χ1) is 14.7. The molecule has 0 saturated carbocycles. The lowest BCUT2D eigenvalue weighted by molar-refractivity contribution is 0.227. The maximum Gasteiger partial charge on any atom is 0.0734 e. The van der Waals surface area contributed by atoms with E-state index in [0.29, 0.717) is 19.8 Å². The van der Waals surface area contributed by atoms with Gasteiger partial charge in [0.1, 0.15) is 0 Å². The van der Waals surface area contributed by atoms with Gasteiger partial charge < -0.3 is 14.2 Å². The summed E-state index contributed by atoms with van der Waals surface area (Å²) in [6.45, 7) is 1.56. The maximum atomic E-state index is 5.61. The van der Waals surface area contributed by atoms with Crippen LogP contribution in [0.15, 0.2) is 68.9 Å². The molecule has 3 heteroatoms. The van der Waals surface area contributed by atoms with Crippen molar-refractivity contribution in [1.29, 1.82) is 0 Å². The molecule has 3 rings (SSSR count). The third-order valence-electron chi connectivity index (χ3n) is 5.17. The molecule has 0 unspecified atom stereocenters. The second-order valence-corrected chi connectivity index (χ2v) is 7.11. The minimum absolute atomic E-state index is 0.478. The van der Waals surface area contributed by atoms with Crippen LogP contribution in [0.25, 0.3) is 0 Å². The molecule has 0 saturated heterocycles. The third-order valence-corrected chi connectivity index (χ3v) is 5.17. The number of rotatable bonds is 6. The van der Waals surface area contributed by atoms with Gasteiger partial charge in [0.15, 0.2) is 0 Å². The molecule has 3 aliphatic carbocycles. The van der Waals surface area contributed by atoms with Crippen molar-refractivity contribution in [1.82, 2.24) is 0 Å². The normalized spacial score (nSPS) is 17.5. The van der Waals surface area contributed by atoms with Crippen LogP contribution in [0.2, 0.25) is 0 Å². The molecular formula is C27H26O3. The molecule has 0 aromatic carbocycles. The molecule has 0 aliphatic heterocycles. The smallest absolute Gasteiger partial charge is 0.0734 e. The number of ether oxygens (including phenoxy) is 3. The van der Waals surface area contributed by atoms with Gasteiger partial charge in [-0.15, -0.1) is 6.42 Å². The van der Waals surface area contributed by atoms with E-state index >= 15 is 0 Å². The number of hydrogen-bond donors (Lipinski definition) is 0. The topological polar surface area (TPSA) is 27.7 Å². The summed E-state index contributed by atoms with van der Waals surface area (Å²) >= 11 is 0. The van der Waals surface area contributed by atoms with Crippen molar-refractivity contribution in [3.63, 3.8) is 0 Å². The summed E-state index contributed by atoms with van der Waals surface area (Å²) in [5.41, 5.74) is 8.30. The van der Waals surface area contributed by atoms with Crippen LogP contribution < -0.4 is 0 Å². The van der Waals surface area contributed by atoms with Gasteiger partial charge in [0.25, 0.3) is 0 Å². The molecule has 152 valence electrons. The average molecular weight is 399 g/mol. The van der Waals surface area contributed by atoms with Gasteiger partial charge in [-0.25, -0.2) is 0 Å². The molecule has 0 atom stereocenters. The number of terminal acetylenes is 1. The molecule has 0 amide bonds. The molecule has 0 spiro atoms. The van der Waals surface area contributed by atoms with Crippen LogP contribution in [0.5, 0.6) is 0 Å². The van der Waals surface area contributed by atoms with Gasteiger partial charge in [-0.1, -0.05) is 53.9 Å². The van der Waals surface area contributed by atoms with Gasteiger partial charge in [-0.2, -0.15) is 0 Å². The molecule has 3 nitrogen and oxygen atoms in total. The Morgan fingerprint density at radius 3 is 1.90 bits per heavy atom. The summed E-state index contributed by atoms with van der Waals surface area (Å²) in [7, 11) is 5.07. The molecule has 3 aliphatic rings. The lowest BCUT2D eigenvalue weighted by Gasteiger charge is -2.05. The Hall–Kier alpha value is -3.00. The Balaban J connectivity index is 1.85. The van der Waals surface area contributed by atoms with Crippen LogP contribution in [0.1, 0.15) is 19.3 Å². The van der Waals surface area contributed by atoms with Crippen molar-refractivity contribution < 1.29 is 14.2 Å². The highest BCUT2D eigenvalue weighted by atomic mass is 16.5. The largest absolute Gasteiger partial charge is 0.380 e. The second kappa shape index (κ2) is 10.7. The Bertz CT molecular complexity index is 1060. The molecule has 0 aromatic heterocycles. The lowest BCUT2D eigenvalue weighted by atomic mass is 10.0. The molecule has 0 heterocycles. The van der Waals surface area contributed by atoms with E-state index in [1.165, 1.54) is 0 Å². The fourth-order valence-corrected chi connectivity index (χ4v) is 3.64. The summed E-state index contributed by atoms with van der Waals surface area (Å²) in [6, 6.07) is 0. The van der Waals surface area contributed by atoms with E-state index in [9.17, 15) is 0 Å². The highest BCUT2D eigenvalue weighted by molar-refractivity contribution is 5.63. The summed E-state index contributed by atoms with van der Waals surface area (Å²) in [5, 5.41) is 0. The fraction of sp³-hybridized carbons (Fsp3) is 0.333. The molecule has 0 N–H and O–H groups in total. The number of methoxy groups -OCH3 is 3.